The molecule has 1 aromatic heterocycles. The first kappa shape index (κ1) is 11.4. The van der Waals surface area contributed by atoms with Crippen molar-refractivity contribution in [3.63, 3.8) is 0 Å². The molecule has 4 heteroatoms. The maximum atomic E-state index is 10.7. The molecule has 0 unspecified atom stereocenters. The van der Waals surface area contributed by atoms with Crippen molar-refractivity contribution < 1.29 is 9.90 Å². The highest BCUT2D eigenvalue weighted by Gasteiger charge is 2.06. The molecule has 0 aliphatic heterocycles. The minimum atomic E-state index is -0.814. The van der Waals surface area contributed by atoms with Gasteiger partial charge in [0.1, 0.15) is 0 Å². The number of aryl methyl sites for hydroxylation is 1. The zero-order valence-corrected chi connectivity index (χ0v) is 9.63. The molecular formula is C13H14N2O2. The minimum absolute atomic E-state index is 0.0497. The zero-order valence-electron chi connectivity index (χ0n) is 9.63. The molecule has 0 bridgehead atoms. The van der Waals surface area contributed by atoms with Crippen molar-refractivity contribution in [3.05, 3.63) is 42.4 Å². The average Bonchev–Trinajstić information content (AvgIpc) is 2.76. The van der Waals surface area contributed by atoms with Crippen LogP contribution in [0.4, 0.5) is 0 Å². The summed E-state index contributed by atoms with van der Waals surface area (Å²) < 4.78 is 2.03. The average molecular weight is 230 g/mol. The SMILES string of the molecule is CCn1cncc1-c1cccc(CC(=O)O)c1. The van der Waals surface area contributed by atoms with Crippen molar-refractivity contribution in [1.29, 1.82) is 0 Å². The molecule has 0 aliphatic carbocycles. The molecule has 1 heterocycles. The molecule has 0 aliphatic rings. The molecule has 0 fully saturated rings. The molecule has 4 nitrogen and oxygen atoms in total. The van der Waals surface area contributed by atoms with E-state index in [1.807, 2.05) is 35.8 Å². The molecule has 2 aromatic rings. The highest BCUT2D eigenvalue weighted by molar-refractivity contribution is 5.71. The van der Waals surface area contributed by atoms with Crippen molar-refractivity contribution in [2.24, 2.45) is 0 Å². The second kappa shape index (κ2) is 4.82. The predicted molar refractivity (Wildman–Crippen MR) is 64.7 cm³/mol. The van der Waals surface area contributed by atoms with E-state index in [-0.39, 0.29) is 6.42 Å². The quantitative estimate of drug-likeness (QED) is 0.876. The zero-order chi connectivity index (χ0) is 12.3. The standard InChI is InChI=1S/C13H14N2O2/c1-2-15-9-14-8-12(15)11-5-3-4-10(6-11)7-13(16)17/h3-6,8-9H,2,7H2,1H3,(H,16,17). The Morgan fingerprint density at radius 3 is 3.00 bits per heavy atom. The first-order chi connectivity index (χ1) is 8.20. The van der Waals surface area contributed by atoms with Crippen LogP contribution in [0.3, 0.4) is 0 Å². The minimum Gasteiger partial charge on any atom is -0.481 e. The van der Waals surface area contributed by atoms with E-state index in [0.29, 0.717) is 0 Å². The fraction of sp³-hybridized carbons (Fsp3) is 0.231. The van der Waals surface area contributed by atoms with Crippen LogP contribution in [0.5, 0.6) is 0 Å². The van der Waals surface area contributed by atoms with Crippen molar-refractivity contribution >= 4 is 5.97 Å². The van der Waals surface area contributed by atoms with Crippen LogP contribution < -0.4 is 0 Å². The molecule has 1 aromatic carbocycles. The Morgan fingerprint density at radius 2 is 2.29 bits per heavy atom. The Kier molecular flexibility index (Phi) is 3.23. The Balaban J connectivity index is 2.36. The smallest absolute Gasteiger partial charge is 0.307 e. The number of imidazole rings is 1. The van der Waals surface area contributed by atoms with Gasteiger partial charge in [0.2, 0.25) is 0 Å². The second-order valence-corrected chi connectivity index (χ2v) is 3.84. The highest BCUT2D eigenvalue weighted by atomic mass is 16.4. The van der Waals surface area contributed by atoms with Crippen LogP contribution in [0, 0.1) is 0 Å². The fourth-order valence-corrected chi connectivity index (χ4v) is 1.83. The first-order valence-electron chi connectivity index (χ1n) is 5.52. The summed E-state index contributed by atoms with van der Waals surface area (Å²) in [5.74, 6) is -0.814. The van der Waals surface area contributed by atoms with Gasteiger partial charge in [0.15, 0.2) is 0 Å². The van der Waals surface area contributed by atoms with Crippen LogP contribution in [-0.2, 0) is 17.8 Å². The first-order valence-corrected chi connectivity index (χ1v) is 5.52. The summed E-state index contributed by atoms with van der Waals surface area (Å²) in [6.45, 7) is 2.89. The largest absolute Gasteiger partial charge is 0.481 e. The summed E-state index contributed by atoms with van der Waals surface area (Å²) in [5, 5.41) is 8.77. The lowest BCUT2D eigenvalue weighted by Gasteiger charge is -2.06. The van der Waals surface area contributed by atoms with E-state index in [2.05, 4.69) is 4.98 Å². The third-order valence-corrected chi connectivity index (χ3v) is 2.63. The van der Waals surface area contributed by atoms with Gasteiger partial charge in [-0.15, -0.1) is 0 Å². The monoisotopic (exact) mass is 230 g/mol. The lowest BCUT2D eigenvalue weighted by Crippen LogP contribution is -2.00. The van der Waals surface area contributed by atoms with Crippen molar-refractivity contribution in [1.82, 2.24) is 9.55 Å². The maximum Gasteiger partial charge on any atom is 0.307 e. The number of rotatable bonds is 4. The fourth-order valence-electron chi connectivity index (χ4n) is 1.83. The molecule has 0 saturated heterocycles. The van der Waals surface area contributed by atoms with Gasteiger partial charge < -0.3 is 9.67 Å². The van der Waals surface area contributed by atoms with Crippen LogP contribution in [0.2, 0.25) is 0 Å². The number of hydrogen-bond donors (Lipinski definition) is 1. The van der Waals surface area contributed by atoms with E-state index in [0.717, 1.165) is 23.4 Å². The van der Waals surface area contributed by atoms with Gasteiger partial charge in [-0.05, 0) is 18.6 Å². The topological polar surface area (TPSA) is 55.1 Å². The number of aromatic nitrogens is 2. The third-order valence-electron chi connectivity index (χ3n) is 2.63. The Hall–Kier alpha value is -2.10. The van der Waals surface area contributed by atoms with Crippen LogP contribution in [-0.4, -0.2) is 20.6 Å². The van der Waals surface area contributed by atoms with Crippen molar-refractivity contribution in [3.8, 4) is 11.3 Å². The number of benzene rings is 1. The van der Waals surface area contributed by atoms with Crippen LogP contribution in [0.1, 0.15) is 12.5 Å². The lowest BCUT2D eigenvalue weighted by atomic mass is 10.1. The molecule has 88 valence electrons. The second-order valence-electron chi connectivity index (χ2n) is 3.84. The van der Waals surface area contributed by atoms with Crippen molar-refractivity contribution in [2.75, 3.05) is 0 Å². The number of hydrogen-bond acceptors (Lipinski definition) is 2. The number of carboxylic acid groups (broad SMARTS) is 1. The molecular weight excluding hydrogens is 216 g/mol. The molecule has 0 spiro atoms. The summed E-state index contributed by atoms with van der Waals surface area (Å²) in [4.78, 5) is 14.8. The van der Waals surface area contributed by atoms with Crippen LogP contribution in [0.15, 0.2) is 36.8 Å². The Bertz CT molecular complexity index is 532. The van der Waals surface area contributed by atoms with Gasteiger partial charge in [0, 0.05) is 12.1 Å². The van der Waals surface area contributed by atoms with Gasteiger partial charge in [-0.2, -0.15) is 0 Å². The summed E-state index contributed by atoms with van der Waals surface area (Å²) in [6.07, 6.45) is 3.62. The number of aliphatic carboxylic acids is 1. The molecule has 0 radical (unpaired) electrons. The Morgan fingerprint density at radius 1 is 1.47 bits per heavy atom. The lowest BCUT2D eigenvalue weighted by molar-refractivity contribution is -0.136. The van der Waals surface area contributed by atoms with Gasteiger partial charge in [0.25, 0.3) is 0 Å². The molecule has 0 saturated carbocycles. The number of nitrogens with zero attached hydrogens (tertiary/aromatic N) is 2. The van der Waals surface area contributed by atoms with Gasteiger partial charge in [-0.3, -0.25) is 4.79 Å². The van der Waals surface area contributed by atoms with Crippen LogP contribution in [0.25, 0.3) is 11.3 Å². The van der Waals surface area contributed by atoms with E-state index in [4.69, 9.17) is 5.11 Å². The van der Waals surface area contributed by atoms with E-state index in [1.165, 1.54) is 0 Å². The van der Waals surface area contributed by atoms with Gasteiger partial charge >= 0.3 is 5.97 Å². The molecule has 17 heavy (non-hydrogen) atoms. The van der Waals surface area contributed by atoms with E-state index < -0.39 is 5.97 Å². The number of carbonyl (C=O) groups is 1. The van der Waals surface area contributed by atoms with E-state index >= 15 is 0 Å². The maximum absolute atomic E-state index is 10.7. The summed E-state index contributed by atoms with van der Waals surface area (Å²) >= 11 is 0. The van der Waals surface area contributed by atoms with E-state index in [9.17, 15) is 4.79 Å². The molecule has 1 N–H and O–H groups in total. The Labute approximate surface area is 99.5 Å². The third kappa shape index (κ3) is 2.53. The summed E-state index contributed by atoms with van der Waals surface area (Å²) in [6, 6.07) is 7.57. The van der Waals surface area contributed by atoms with Crippen molar-refractivity contribution in [2.45, 2.75) is 19.9 Å². The number of carboxylic acids is 1. The van der Waals surface area contributed by atoms with E-state index in [1.54, 1.807) is 12.5 Å². The predicted octanol–water partition coefficient (Wildman–Crippen LogP) is 2.20. The highest BCUT2D eigenvalue weighted by Crippen LogP contribution is 2.20. The normalized spacial score (nSPS) is 10.4. The van der Waals surface area contributed by atoms with Crippen LogP contribution >= 0.6 is 0 Å². The molecule has 0 atom stereocenters. The van der Waals surface area contributed by atoms with Gasteiger partial charge in [-0.25, -0.2) is 4.98 Å². The summed E-state index contributed by atoms with van der Waals surface area (Å²) in [7, 11) is 0. The molecule has 0 amide bonds. The molecule has 2 rings (SSSR count). The van der Waals surface area contributed by atoms with Gasteiger partial charge in [-0.1, -0.05) is 18.2 Å². The summed E-state index contributed by atoms with van der Waals surface area (Å²) in [5.41, 5.74) is 2.82. The van der Waals surface area contributed by atoms with Gasteiger partial charge in [0.05, 0.1) is 24.6 Å².